The van der Waals surface area contributed by atoms with Gasteiger partial charge in [-0.1, -0.05) is 96.8 Å². The number of unbranched alkanes of at least 4 members (excludes halogenated alkanes) is 14. The van der Waals surface area contributed by atoms with Crippen LogP contribution in [0.4, 0.5) is 11.6 Å². The van der Waals surface area contributed by atoms with E-state index in [0.717, 1.165) is 19.3 Å². The third-order valence-electron chi connectivity index (χ3n) is 8.57. The molecule has 0 unspecified atom stereocenters. The Bertz CT molecular complexity index is 1610. The van der Waals surface area contributed by atoms with Gasteiger partial charge < -0.3 is 31.2 Å². The zero-order valence-electron chi connectivity index (χ0n) is 29.7. The Hall–Kier alpha value is -4.88. The second kappa shape index (κ2) is 22.8. The first-order chi connectivity index (χ1) is 24.7. The van der Waals surface area contributed by atoms with E-state index in [1.165, 1.54) is 89.0 Å². The van der Waals surface area contributed by atoms with Crippen LogP contribution >= 0.6 is 0 Å². The number of ether oxygens (including phenoxy) is 1. The number of hydrogen-bond donors (Lipinski definition) is 5. The fraction of sp³-hybridized carbons (Fsp3) is 0.568. The van der Waals surface area contributed by atoms with Crippen molar-refractivity contribution in [1.82, 2.24) is 25.3 Å². The van der Waals surface area contributed by atoms with Crippen LogP contribution < -0.4 is 21.9 Å². The van der Waals surface area contributed by atoms with Crippen LogP contribution in [0.25, 0.3) is 11.2 Å². The van der Waals surface area contributed by atoms with Crippen LogP contribution in [-0.2, 0) is 25.7 Å². The number of nitrogens with one attached hydrogen (secondary N) is 3. The lowest BCUT2D eigenvalue weighted by molar-refractivity contribution is -0.159. The molecule has 2 heterocycles. The van der Waals surface area contributed by atoms with Gasteiger partial charge in [-0.2, -0.15) is 4.98 Å². The number of amides is 1. The van der Waals surface area contributed by atoms with E-state index in [1.807, 2.05) is 0 Å². The molecule has 51 heavy (non-hydrogen) atoms. The van der Waals surface area contributed by atoms with Gasteiger partial charge in [0.15, 0.2) is 11.2 Å². The van der Waals surface area contributed by atoms with Gasteiger partial charge in [-0.3, -0.25) is 19.2 Å². The van der Waals surface area contributed by atoms with Gasteiger partial charge in [0.1, 0.15) is 6.04 Å². The fourth-order valence-electron chi connectivity index (χ4n) is 5.63. The molecule has 0 aliphatic heterocycles. The molecule has 14 nitrogen and oxygen atoms in total. The van der Waals surface area contributed by atoms with Crippen LogP contribution in [0.3, 0.4) is 0 Å². The van der Waals surface area contributed by atoms with E-state index in [1.54, 1.807) is 12.1 Å². The molecule has 0 fully saturated rings. The molecule has 14 heteroatoms. The molecule has 278 valence electrons. The molecule has 2 aromatic heterocycles. The Morgan fingerprint density at radius 3 is 1.98 bits per heavy atom. The summed E-state index contributed by atoms with van der Waals surface area (Å²) in [6, 6.07) is 4.90. The van der Waals surface area contributed by atoms with Crippen molar-refractivity contribution in [1.29, 1.82) is 0 Å². The predicted octanol–water partition coefficient (Wildman–Crippen LogP) is 6.20. The lowest BCUT2D eigenvalue weighted by Crippen LogP contribution is -2.41. The zero-order chi connectivity index (χ0) is 36.8. The van der Waals surface area contributed by atoms with E-state index in [-0.39, 0.29) is 48.5 Å². The summed E-state index contributed by atoms with van der Waals surface area (Å²) in [7, 11) is 0. The minimum absolute atomic E-state index is 0.0543. The van der Waals surface area contributed by atoms with Crippen LogP contribution in [0.1, 0.15) is 139 Å². The number of benzene rings is 1. The standard InChI is InChI=1S/C37H53N7O7/c1-2-3-4-5-6-7-8-9-10-11-12-13-14-15-16-17-30(45)51-31(46)23-22-29(36(49)50)42-34(47)26-18-20-27(21-19-26)39-24-28-25-40-33-32(41-28)35(48)44-37(38)43-33/h18-21,25,29,39H,2-17,22-24H2,1H3,(H,42,47)(H,49,50)(H3,38,40,43,44,48)/t29-/m0/s1. The topological polar surface area (TPSA) is 219 Å². The van der Waals surface area contributed by atoms with Crippen molar-refractivity contribution in [3.05, 3.63) is 52.1 Å². The third-order valence-corrected chi connectivity index (χ3v) is 8.57. The number of aromatic nitrogens is 4. The second-order valence-corrected chi connectivity index (χ2v) is 12.9. The molecule has 3 aromatic rings. The summed E-state index contributed by atoms with van der Waals surface area (Å²) >= 11 is 0. The van der Waals surface area contributed by atoms with E-state index >= 15 is 0 Å². The van der Waals surface area contributed by atoms with Gasteiger partial charge in [-0.25, -0.2) is 14.8 Å². The van der Waals surface area contributed by atoms with Crippen molar-refractivity contribution in [2.75, 3.05) is 11.1 Å². The van der Waals surface area contributed by atoms with Crippen LogP contribution in [0.5, 0.6) is 0 Å². The monoisotopic (exact) mass is 707 g/mol. The minimum atomic E-state index is -1.35. The number of carbonyl (C=O) groups is 4. The average Bonchev–Trinajstić information content (AvgIpc) is 3.10. The van der Waals surface area contributed by atoms with Crippen LogP contribution in [-0.4, -0.2) is 54.9 Å². The largest absolute Gasteiger partial charge is 0.480 e. The molecule has 0 aliphatic carbocycles. The lowest BCUT2D eigenvalue weighted by Gasteiger charge is -2.14. The van der Waals surface area contributed by atoms with Crippen molar-refractivity contribution in [2.45, 2.75) is 135 Å². The van der Waals surface area contributed by atoms with E-state index in [9.17, 15) is 29.1 Å². The highest BCUT2D eigenvalue weighted by Gasteiger charge is 2.23. The lowest BCUT2D eigenvalue weighted by atomic mass is 10.0. The molecular weight excluding hydrogens is 654 g/mol. The zero-order valence-corrected chi connectivity index (χ0v) is 29.7. The Labute approximate surface area is 298 Å². The Balaban J connectivity index is 1.27. The number of carboxylic acid groups (broad SMARTS) is 1. The molecule has 0 saturated carbocycles. The maximum atomic E-state index is 12.7. The number of nitrogen functional groups attached to an aromatic ring is 1. The Kier molecular flexibility index (Phi) is 18.1. The molecule has 1 amide bonds. The number of esters is 2. The van der Waals surface area contributed by atoms with Crippen LogP contribution in [0.15, 0.2) is 35.3 Å². The van der Waals surface area contributed by atoms with Crippen molar-refractivity contribution >= 4 is 46.6 Å². The number of aliphatic carboxylic acids is 1. The molecule has 3 rings (SSSR count). The maximum Gasteiger partial charge on any atom is 0.326 e. The van der Waals surface area contributed by atoms with Gasteiger partial charge in [0, 0.05) is 24.1 Å². The van der Waals surface area contributed by atoms with Gasteiger partial charge >= 0.3 is 23.5 Å². The average molecular weight is 708 g/mol. The summed E-state index contributed by atoms with van der Waals surface area (Å²) in [6.07, 6.45) is 19.2. The Morgan fingerprint density at radius 2 is 1.39 bits per heavy atom. The quantitative estimate of drug-likeness (QED) is 0.0377. The number of nitrogens with zero attached hydrogens (tertiary/aromatic N) is 3. The third kappa shape index (κ3) is 15.7. The summed E-state index contributed by atoms with van der Waals surface area (Å²) < 4.78 is 4.87. The van der Waals surface area contributed by atoms with Gasteiger partial charge in [0.2, 0.25) is 5.95 Å². The summed E-state index contributed by atoms with van der Waals surface area (Å²) in [4.78, 5) is 75.5. The van der Waals surface area contributed by atoms with E-state index in [2.05, 4.69) is 37.5 Å². The maximum absolute atomic E-state index is 12.7. The number of aromatic amines is 1. The van der Waals surface area contributed by atoms with Crippen molar-refractivity contribution in [3.63, 3.8) is 0 Å². The normalized spacial score (nSPS) is 11.6. The first kappa shape index (κ1) is 40.5. The molecule has 0 spiro atoms. The molecule has 6 N–H and O–H groups in total. The van der Waals surface area contributed by atoms with Crippen molar-refractivity contribution in [2.24, 2.45) is 0 Å². The number of anilines is 2. The highest BCUT2D eigenvalue weighted by Crippen LogP contribution is 2.15. The number of nitrogens with two attached hydrogens (primary N) is 1. The van der Waals surface area contributed by atoms with Crippen molar-refractivity contribution in [3.8, 4) is 0 Å². The number of rotatable bonds is 25. The highest BCUT2D eigenvalue weighted by atomic mass is 16.6. The summed E-state index contributed by atoms with van der Waals surface area (Å²) in [6.45, 7) is 2.46. The molecule has 1 atom stereocenters. The van der Waals surface area contributed by atoms with Gasteiger partial charge in [0.25, 0.3) is 5.91 Å². The van der Waals surface area contributed by atoms with E-state index < -0.39 is 35.4 Å². The number of fused-ring (bicyclic) bond motifs is 1. The molecule has 0 saturated heterocycles. The summed E-state index contributed by atoms with van der Waals surface area (Å²) in [5, 5.41) is 15.1. The summed E-state index contributed by atoms with van der Waals surface area (Å²) in [5.74, 6) is -3.45. The molecule has 0 bridgehead atoms. The van der Waals surface area contributed by atoms with Gasteiger partial charge in [-0.05, 0) is 37.1 Å². The number of carbonyl (C=O) groups excluding carboxylic acids is 3. The first-order valence-corrected chi connectivity index (χ1v) is 18.3. The SMILES string of the molecule is CCCCCCCCCCCCCCCCCC(=O)OC(=O)CC[C@H](NC(=O)c1ccc(NCc2cnc3[nH]c(N)nc(=O)c3n2)cc1)C(=O)O. The fourth-order valence-corrected chi connectivity index (χ4v) is 5.63. The molecule has 1 aromatic carbocycles. The summed E-state index contributed by atoms with van der Waals surface area (Å²) in [5.41, 5.74) is 6.51. The van der Waals surface area contributed by atoms with Crippen LogP contribution in [0, 0.1) is 0 Å². The Morgan fingerprint density at radius 1 is 0.824 bits per heavy atom. The molecule has 0 radical (unpaired) electrons. The van der Waals surface area contributed by atoms with E-state index in [4.69, 9.17) is 10.5 Å². The second-order valence-electron chi connectivity index (χ2n) is 12.9. The smallest absolute Gasteiger partial charge is 0.326 e. The van der Waals surface area contributed by atoms with E-state index in [0.29, 0.717) is 17.8 Å². The van der Waals surface area contributed by atoms with Crippen LogP contribution in [0.2, 0.25) is 0 Å². The highest BCUT2D eigenvalue weighted by molar-refractivity contribution is 5.97. The molecule has 0 aliphatic rings. The predicted molar refractivity (Wildman–Crippen MR) is 195 cm³/mol. The first-order valence-electron chi connectivity index (χ1n) is 18.3. The number of carboxylic acids is 1. The molecular formula is C37H53N7O7. The van der Waals surface area contributed by atoms with Gasteiger partial charge in [0.05, 0.1) is 18.4 Å². The van der Waals surface area contributed by atoms with Crippen molar-refractivity contribution < 1.29 is 29.0 Å². The number of H-pyrrole nitrogens is 1. The minimum Gasteiger partial charge on any atom is -0.480 e. The number of hydrogen-bond acceptors (Lipinski definition) is 11. The van der Waals surface area contributed by atoms with Gasteiger partial charge in [-0.15, -0.1) is 0 Å².